The molecule has 0 bridgehead atoms. The van der Waals surface area contributed by atoms with E-state index in [0.29, 0.717) is 30.8 Å². The Morgan fingerprint density at radius 2 is 2.05 bits per heavy atom. The summed E-state index contributed by atoms with van der Waals surface area (Å²) >= 11 is 0. The average Bonchev–Trinajstić information content (AvgIpc) is 2.89. The number of nitrogens with zero attached hydrogens (tertiary/aromatic N) is 3. The Morgan fingerprint density at radius 3 is 2.67 bits per heavy atom. The van der Waals surface area contributed by atoms with Crippen molar-refractivity contribution in [2.45, 2.75) is 26.9 Å². The predicted molar refractivity (Wildman–Crippen MR) is 77.1 cm³/mol. The molecular weight excluding hydrogens is 273 g/mol. The number of halogens is 1. The first-order chi connectivity index (χ1) is 10.2. The van der Waals surface area contributed by atoms with E-state index in [1.54, 1.807) is 19.1 Å². The van der Waals surface area contributed by atoms with Crippen molar-refractivity contribution in [1.82, 2.24) is 20.8 Å². The molecule has 7 heteroatoms. The maximum atomic E-state index is 12.8. The molecule has 2 N–H and O–H groups in total. The number of guanidine groups is 1. The number of aliphatic imine (C=N–C) groups is 1. The number of benzene rings is 1. The van der Waals surface area contributed by atoms with Crippen LogP contribution in [0.25, 0.3) is 0 Å². The van der Waals surface area contributed by atoms with Crippen molar-refractivity contribution in [3.05, 3.63) is 47.4 Å². The van der Waals surface area contributed by atoms with Gasteiger partial charge in [0.15, 0.2) is 11.8 Å². The molecule has 0 fully saturated rings. The first-order valence-corrected chi connectivity index (χ1v) is 6.73. The van der Waals surface area contributed by atoms with Crippen molar-refractivity contribution in [2.75, 3.05) is 6.54 Å². The SMILES string of the molecule is CCNC(=NCc1ccc(F)cc1)NCc1noc(C)n1. The summed E-state index contributed by atoms with van der Waals surface area (Å²) in [6, 6.07) is 6.27. The lowest BCUT2D eigenvalue weighted by Crippen LogP contribution is -2.37. The summed E-state index contributed by atoms with van der Waals surface area (Å²) in [7, 11) is 0. The van der Waals surface area contributed by atoms with Gasteiger partial charge < -0.3 is 15.2 Å². The van der Waals surface area contributed by atoms with E-state index in [2.05, 4.69) is 25.8 Å². The monoisotopic (exact) mass is 291 g/mol. The first-order valence-electron chi connectivity index (χ1n) is 6.73. The van der Waals surface area contributed by atoms with Crippen LogP contribution in [0.4, 0.5) is 4.39 Å². The lowest BCUT2D eigenvalue weighted by molar-refractivity contribution is 0.387. The molecule has 0 saturated carbocycles. The second kappa shape index (κ2) is 7.37. The van der Waals surface area contributed by atoms with Crippen molar-refractivity contribution in [3.63, 3.8) is 0 Å². The summed E-state index contributed by atoms with van der Waals surface area (Å²) in [4.78, 5) is 8.53. The van der Waals surface area contributed by atoms with Gasteiger partial charge in [0, 0.05) is 13.5 Å². The highest BCUT2D eigenvalue weighted by atomic mass is 19.1. The van der Waals surface area contributed by atoms with Gasteiger partial charge in [0.05, 0.1) is 13.1 Å². The summed E-state index contributed by atoms with van der Waals surface area (Å²) in [5.41, 5.74) is 0.934. The normalized spacial score (nSPS) is 11.5. The van der Waals surface area contributed by atoms with Crippen LogP contribution in [0.5, 0.6) is 0 Å². The van der Waals surface area contributed by atoms with E-state index in [-0.39, 0.29) is 5.82 Å². The Labute approximate surface area is 122 Å². The lowest BCUT2D eigenvalue weighted by atomic mass is 10.2. The largest absolute Gasteiger partial charge is 0.357 e. The molecule has 0 spiro atoms. The van der Waals surface area contributed by atoms with Crippen LogP contribution in [0.3, 0.4) is 0 Å². The molecule has 0 unspecified atom stereocenters. The topological polar surface area (TPSA) is 75.3 Å². The number of hydrogen-bond donors (Lipinski definition) is 2. The second-order valence-electron chi connectivity index (χ2n) is 4.40. The predicted octanol–water partition coefficient (Wildman–Crippen LogP) is 1.77. The van der Waals surface area contributed by atoms with E-state index >= 15 is 0 Å². The smallest absolute Gasteiger partial charge is 0.223 e. The fraction of sp³-hybridized carbons (Fsp3) is 0.357. The van der Waals surface area contributed by atoms with Gasteiger partial charge in [-0.2, -0.15) is 4.98 Å². The lowest BCUT2D eigenvalue weighted by Gasteiger charge is -2.09. The standard InChI is InChI=1S/C14H18FN5O/c1-3-16-14(18-9-13-19-10(2)21-20-13)17-8-11-4-6-12(15)7-5-11/h4-7H,3,8-9H2,1-2H3,(H2,16,17,18). The quantitative estimate of drug-likeness (QED) is 0.648. The van der Waals surface area contributed by atoms with Gasteiger partial charge in [-0.25, -0.2) is 9.38 Å². The van der Waals surface area contributed by atoms with E-state index in [1.165, 1.54) is 12.1 Å². The first kappa shape index (κ1) is 15.0. The summed E-state index contributed by atoms with van der Waals surface area (Å²) in [6.07, 6.45) is 0. The van der Waals surface area contributed by atoms with Crippen molar-refractivity contribution in [2.24, 2.45) is 4.99 Å². The molecule has 21 heavy (non-hydrogen) atoms. The van der Waals surface area contributed by atoms with E-state index in [4.69, 9.17) is 4.52 Å². The summed E-state index contributed by atoms with van der Waals surface area (Å²) in [5.74, 6) is 1.49. The van der Waals surface area contributed by atoms with E-state index in [9.17, 15) is 4.39 Å². The molecule has 0 atom stereocenters. The molecule has 2 aromatic rings. The van der Waals surface area contributed by atoms with Crippen LogP contribution in [0.15, 0.2) is 33.8 Å². The number of aryl methyl sites for hydroxylation is 1. The zero-order valence-corrected chi connectivity index (χ0v) is 12.1. The highest BCUT2D eigenvalue weighted by Crippen LogP contribution is 2.04. The Kier molecular flexibility index (Phi) is 5.25. The Bertz CT molecular complexity index is 594. The fourth-order valence-electron chi connectivity index (χ4n) is 1.68. The van der Waals surface area contributed by atoms with Crippen LogP contribution in [0, 0.1) is 12.7 Å². The molecule has 112 valence electrons. The number of aromatic nitrogens is 2. The van der Waals surface area contributed by atoms with Crippen LogP contribution in [0.1, 0.15) is 24.2 Å². The van der Waals surface area contributed by atoms with Crippen LogP contribution in [-0.2, 0) is 13.1 Å². The van der Waals surface area contributed by atoms with E-state index < -0.39 is 0 Å². The van der Waals surface area contributed by atoms with Crippen LogP contribution in [0.2, 0.25) is 0 Å². The maximum absolute atomic E-state index is 12.8. The highest BCUT2D eigenvalue weighted by molar-refractivity contribution is 5.79. The molecule has 0 saturated heterocycles. The van der Waals surface area contributed by atoms with Gasteiger partial charge in [-0.1, -0.05) is 17.3 Å². The van der Waals surface area contributed by atoms with Gasteiger partial charge in [-0.05, 0) is 24.6 Å². The highest BCUT2D eigenvalue weighted by Gasteiger charge is 2.03. The van der Waals surface area contributed by atoms with Crippen LogP contribution >= 0.6 is 0 Å². The van der Waals surface area contributed by atoms with Crippen molar-refractivity contribution >= 4 is 5.96 Å². The molecule has 6 nitrogen and oxygen atoms in total. The minimum Gasteiger partial charge on any atom is -0.357 e. The number of rotatable bonds is 5. The Morgan fingerprint density at radius 1 is 1.29 bits per heavy atom. The van der Waals surface area contributed by atoms with Crippen molar-refractivity contribution in [3.8, 4) is 0 Å². The third-order valence-electron chi connectivity index (χ3n) is 2.66. The van der Waals surface area contributed by atoms with Gasteiger partial charge in [-0.15, -0.1) is 0 Å². The van der Waals surface area contributed by atoms with Crippen LogP contribution < -0.4 is 10.6 Å². The van der Waals surface area contributed by atoms with E-state index in [0.717, 1.165) is 12.1 Å². The summed E-state index contributed by atoms with van der Waals surface area (Å²) in [6.45, 7) is 5.34. The minimum absolute atomic E-state index is 0.250. The maximum Gasteiger partial charge on any atom is 0.223 e. The molecule has 0 amide bonds. The molecule has 1 heterocycles. The fourth-order valence-corrected chi connectivity index (χ4v) is 1.68. The van der Waals surface area contributed by atoms with E-state index in [1.807, 2.05) is 6.92 Å². The molecule has 1 aromatic heterocycles. The van der Waals surface area contributed by atoms with Gasteiger partial charge in [0.1, 0.15) is 5.82 Å². The third kappa shape index (κ3) is 4.87. The van der Waals surface area contributed by atoms with Crippen molar-refractivity contribution in [1.29, 1.82) is 0 Å². The average molecular weight is 291 g/mol. The molecule has 0 aliphatic carbocycles. The molecule has 2 rings (SSSR count). The van der Waals surface area contributed by atoms with Crippen LogP contribution in [-0.4, -0.2) is 22.6 Å². The Hall–Kier alpha value is -2.44. The number of hydrogen-bond acceptors (Lipinski definition) is 4. The van der Waals surface area contributed by atoms with Crippen molar-refractivity contribution < 1.29 is 8.91 Å². The summed E-state index contributed by atoms with van der Waals surface area (Å²) < 4.78 is 17.7. The molecule has 0 aliphatic rings. The molecule has 0 aliphatic heterocycles. The molecular formula is C14H18FN5O. The zero-order valence-electron chi connectivity index (χ0n) is 12.1. The molecule has 1 aromatic carbocycles. The van der Waals surface area contributed by atoms with Gasteiger partial charge in [0.25, 0.3) is 0 Å². The number of nitrogens with one attached hydrogen (secondary N) is 2. The van der Waals surface area contributed by atoms with Gasteiger partial charge >= 0.3 is 0 Å². The molecule has 0 radical (unpaired) electrons. The minimum atomic E-state index is -0.250. The Balaban J connectivity index is 1.93. The van der Waals surface area contributed by atoms with Gasteiger partial charge in [-0.3, -0.25) is 0 Å². The summed E-state index contributed by atoms with van der Waals surface area (Å²) in [5, 5.41) is 10.0. The zero-order chi connectivity index (χ0) is 15.1. The third-order valence-corrected chi connectivity index (χ3v) is 2.66. The second-order valence-corrected chi connectivity index (χ2v) is 4.40. The van der Waals surface area contributed by atoms with Gasteiger partial charge in [0.2, 0.25) is 5.89 Å².